The van der Waals surface area contributed by atoms with Crippen LogP contribution in [0.2, 0.25) is 0 Å². The van der Waals surface area contributed by atoms with Gasteiger partial charge in [0, 0.05) is 11.8 Å². The first kappa shape index (κ1) is 13.9. The maximum absolute atomic E-state index is 12.2. The van der Waals surface area contributed by atoms with Gasteiger partial charge >= 0.3 is 0 Å². The summed E-state index contributed by atoms with van der Waals surface area (Å²) >= 11 is 3.22. The van der Waals surface area contributed by atoms with Crippen molar-refractivity contribution >= 4 is 27.5 Å². The van der Waals surface area contributed by atoms with Crippen LogP contribution in [0.1, 0.15) is 19.8 Å². The highest BCUT2D eigenvalue weighted by molar-refractivity contribution is 9.10. The zero-order valence-electron chi connectivity index (χ0n) is 10.6. The van der Waals surface area contributed by atoms with E-state index in [9.17, 15) is 9.70 Å². The van der Waals surface area contributed by atoms with Crippen LogP contribution in [0, 0.1) is 10.8 Å². The summed E-state index contributed by atoms with van der Waals surface area (Å²) in [6.07, 6.45) is 1.72. The van der Waals surface area contributed by atoms with Crippen molar-refractivity contribution in [2.45, 2.75) is 25.3 Å². The van der Waals surface area contributed by atoms with Gasteiger partial charge in [0.15, 0.2) is 5.54 Å². The summed E-state index contributed by atoms with van der Waals surface area (Å²) in [7, 11) is 1.49. The van der Waals surface area contributed by atoms with Gasteiger partial charge in [0.05, 0.1) is 7.11 Å². The monoisotopic (exact) mass is 327 g/mol. The van der Waals surface area contributed by atoms with Gasteiger partial charge in [0.1, 0.15) is 4.60 Å². The molecular weight excluding hydrogens is 314 g/mol. The van der Waals surface area contributed by atoms with Crippen LogP contribution >= 0.6 is 15.9 Å². The lowest BCUT2D eigenvalue weighted by Gasteiger charge is -2.20. The molecular formula is C12H14BrN3O3. The van der Waals surface area contributed by atoms with Gasteiger partial charge in [-0.1, -0.05) is 5.18 Å². The maximum atomic E-state index is 12.2. The number of carbonyl (C=O) groups is 1. The lowest BCUT2D eigenvalue weighted by molar-refractivity contribution is -0.121. The van der Waals surface area contributed by atoms with Crippen molar-refractivity contribution in [3.63, 3.8) is 0 Å². The van der Waals surface area contributed by atoms with Crippen LogP contribution in [0.4, 0.5) is 5.69 Å². The van der Waals surface area contributed by atoms with E-state index < -0.39 is 11.4 Å². The number of methoxy groups -OCH3 is 1. The van der Waals surface area contributed by atoms with Crippen LogP contribution < -0.4 is 10.1 Å². The van der Waals surface area contributed by atoms with Crippen molar-refractivity contribution in [3.8, 4) is 5.88 Å². The number of anilines is 1. The highest BCUT2D eigenvalue weighted by atomic mass is 79.9. The third-order valence-corrected chi connectivity index (χ3v) is 3.67. The van der Waals surface area contributed by atoms with E-state index in [0.717, 1.165) is 12.8 Å². The van der Waals surface area contributed by atoms with Gasteiger partial charge in [0.25, 0.3) is 5.91 Å². The number of nitrogens with one attached hydrogen (secondary N) is 1. The van der Waals surface area contributed by atoms with Crippen LogP contribution in [0.15, 0.2) is 21.9 Å². The SMILES string of the molecule is COc1cc(NC(=O)C(C)(N=O)C2CC2)cc(Br)n1. The molecule has 0 radical (unpaired) electrons. The van der Waals surface area contributed by atoms with Crippen molar-refractivity contribution in [1.29, 1.82) is 0 Å². The molecule has 0 saturated heterocycles. The average Bonchev–Trinajstić information content (AvgIpc) is 3.21. The number of ether oxygens (including phenoxy) is 1. The Bertz CT molecular complexity index is 519. The fourth-order valence-corrected chi connectivity index (χ4v) is 2.28. The molecule has 7 heteroatoms. The minimum Gasteiger partial charge on any atom is -0.481 e. The molecule has 1 N–H and O–H groups in total. The second-order valence-corrected chi connectivity index (χ2v) is 5.50. The van der Waals surface area contributed by atoms with Gasteiger partial charge in [-0.05, 0) is 47.7 Å². The zero-order chi connectivity index (χ0) is 14.0. The molecule has 1 aliphatic rings. The third-order valence-electron chi connectivity index (χ3n) is 3.26. The summed E-state index contributed by atoms with van der Waals surface area (Å²) < 4.78 is 5.55. The number of nitrogens with zero attached hydrogens (tertiary/aromatic N) is 2. The number of hydrogen-bond acceptors (Lipinski definition) is 5. The van der Waals surface area contributed by atoms with E-state index in [4.69, 9.17) is 4.74 Å². The van der Waals surface area contributed by atoms with E-state index >= 15 is 0 Å². The summed E-state index contributed by atoms with van der Waals surface area (Å²) in [4.78, 5) is 27.2. The third kappa shape index (κ3) is 2.91. The average molecular weight is 328 g/mol. The molecule has 2 rings (SSSR count). The van der Waals surface area contributed by atoms with Crippen molar-refractivity contribution in [2.24, 2.45) is 11.1 Å². The van der Waals surface area contributed by atoms with Crippen molar-refractivity contribution < 1.29 is 9.53 Å². The van der Waals surface area contributed by atoms with E-state index in [0.29, 0.717) is 16.2 Å². The van der Waals surface area contributed by atoms with Gasteiger partial charge in [-0.2, -0.15) is 0 Å². The number of amides is 1. The predicted octanol–water partition coefficient (Wildman–Crippen LogP) is 2.73. The molecule has 102 valence electrons. The molecule has 1 amide bonds. The number of aromatic nitrogens is 1. The molecule has 1 aromatic heterocycles. The summed E-state index contributed by atoms with van der Waals surface area (Å²) in [6, 6.07) is 3.22. The van der Waals surface area contributed by atoms with Crippen LogP contribution in [0.25, 0.3) is 0 Å². The van der Waals surface area contributed by atoms with Gasteiger partial charge < -0.3 is 10.1 Å². The number of nitroso groups, excluding NO2 is 1. The van der Waals surface area contributed by atoms with Gasteiger partial charge in [-0.3, -0.25) is 4.79 Å². The summed E-state index contributed by atoms with van der Waals surface area (Å²) in [5.41, 5.74) is -0.692. The summed E-state index contributed by atoms with van der Waals surface area (Å²) in [6.45, 7) is 1.57. The highest BCUT2D eigenvalue weighted by Gasteiger charge is 2.49. The Morgan fingerprint density at radius 2 is 2.26 bits per heavy atom. The molecule has 0 spiro atoms. The highest BCUT2D eigenvalue weighted by Crippen LogP contribution is 2.42. The number of pyridine rings is 1. The summed E-state index contributed by atoms with van der Waals surface area (Å²) in [5.74, 6) is 0.0131. The molecule has 1 saturated carbocycles. The number of hydrogen-bond donors (Lipinski definition) is 1. The molecule has 1 aromatic rings. The number of rotatable bonds is 5. The minimum atomic E-state index is -1.21. The smallest absolute Gasteiger partial charge is 0.255 e. The number of carbonyl (C=O) groups excluding carboxylic acids is 1. The Labute approximate surface area is 119 Å². The van der Waals surface area contributed by atoms with E-state index in [2.05, 4.69) is 31.4 Å². The molecule has 1 fully saturated rings. The largest absolute Gasteiger partial charge is 0.481 e. The van der Waals surface area contributed by atoms with Gasteiger partial charge in [-0.15, -0.1) is 4.91 Å². The molecule has 1 heterocycles. The standard InChI is InChI=1S/C12H14BrN3O3/c1-12(16-18,7-3-4-7)11(17)14-8-5-9(13)15-10(6-8)19-2/h5-7H,3-4H2,1-2H3,(H,14,15,17). The minimum absolute atomic E-state index is 0.0390. The van der Waals surface area contributed by atoms with E-state index in [-0.39, 0.29) is 5.92 Å². The molecule has 1 aliphatic carbocycles. The Morgan fingerprint density at radius 3 is 2.79 bits per heavy atom. The Hall–Kier alpha value is -1.50. The first-order valence-corrected chi connectivity index (χ1v) is 6.66. The maximum Gasteiger partial charge on any atom is 0.255 e. The quantitative estimate of drug-likeness (QED) is 0.666. The Morgan fingerprint density at radius 1 is 1.58 bits per heavy atom. The molecule has 1 unspecified atom stereocenters. The van der Waals surface area contributed by atoms with Crippen molar-refractivity contribution in [3.05, 3.63) is 21.6 Å². The molecule has 0 bridgehead atoms. The molecule has 19 heavy (non-hydrogen) atoms. The van der Waals surface area contributed by atoms with Crippen LogP contribution in [-0.2, 0) is 4.79 Å². The molecule has 6 nitrogen and oxygen atoms in total. The lowest BCUT2D eigenvalue weighted by atomic mass is 9.96. The molecule has 0 aliphatic heterocycles. The second-order valence-electron chi connectivity index (χ2n) is 4.69. The molecule has 1 atom stereocenters. The Kier molecular flexibility index (Phi) is 3.84. The van der Waals surface area contributed by atoms with Crippen LogP contribution in [0.5, 0.6) is 5.88 Å². The zero-order valence-corrected chi connectivity index (χ0v) is 12.2. The van der Waals surface area contributed by atoms with Crippen molar-refractivity contribution in [1.82, 2.24) is 4.98 Å². The van der Waals surface area contributed by atoms with Gasteiger partial charge in [-0.25, -0.2) is 4.98 Å². The van der Waals surface area contributed by atoms with E-state index in [1.807, 2.05) is 0 Å². The van der Waals surface area contributed by atoms with Crippen LogP contribution in [-0.4, -0.2) is 23.5 Å². The first-order valence-electron chi connectivity index (χ1n) is 5.87. The lowest BCUT2D eigenvalue weighted by Crippen LogP contribution is -2.40. The van der Waals surface area contributed by atoms with Crippen molar-refractivity contribution in [2.75, 3.05) is 12.4 Å². The number of halogens is 1. The van der Waals surface area contributed by atoms with E-state index in [1.165, 1.54) is 7.11 Å². The fraction of sp³-hybridized carbons (Fsp3) is 0.500. The Balaban J connectivity index is 2.18. The fourth-order valence-electron chi connectivity index (χ4n) is 1.85. The van der Waals surface area contributed by atoms with Gasteiger partial charge in [0.2, 0.25) is 5.88 Å². The molecule has 0 aromatic carbocycles. The van der Waals surface area contributed by atoms with Crippen LogP contribution in [0.3, 0.4) is 0 Å². The first-order chi connectivity index (χ1) is 8.99. The normalized spacial score (nSPS) is 17.4. The summed E-state index contributed by atoms with van der Waals surface area (Å²) in [5, 5.41) is 5.71. The predicted molar refractivity (Wildman–Crippen MR) is 74.0 cm³/mol. The topological polar surface area (TPSA) is 80.6 Å². The van der Waals surface area contributed by atoms with E-state index in [1.54, 1.807) is 19.1 Å². The second kappa shape index (κ2) is 5.24.